The lowest BCUT2D eigenvalue weighted by Gasteiger charge is -2.32. The van der Waals surface area contributed by atoms with Gasteiger partial charge >= 0.3 is 0 Å². The van der Waals surface area contributed by atoms with Gasteiger partial charge in [-0.05, 0) is 37.0 Å². The van der Waals surface area contributed by atoms with Crippen molar-refractivity contribution in [2.45, 2.75) is 32.4 Å². The van der Waals surface area contributed by atoms with Gasteiger partial charge in [0.15, 0.2) is 0 Å². The minimum atomic E-state index is -0.660. The van der Waals surface area contributed by atoms with Gasteiger partial charge in [0.25, 0.3) is 0 Å². The maximum Gasteiger partial charge on any atom is 0.241 e. The summed E-state index contributed by atoms with van der Waals surface area (Å²) < 4.78 is 18.4. The monoisotopic (exact) mass is 351 g/mol. The number of likely N-dealkylation sites (tertiary alicyclic amines) is 1. The zero-order valence-corrected chi connectivity index (χ0v) is 14.8. The molecule has 0 radical (unpaired) electrons. The van der Waals surface area contributed by atoms with Crippen molar-refractivity contribution < 1.29 is 18.7 Å². The summed E-state index contributed by atoms with van der Waals surface area (Å²) in [5, 5.41) is 2.85. The van der Waals surface area contributed by atoms with E-state index >= 15 is 0 Å². The van der Waals surface area contributed by atoms with Gasteiger partial charge in [0.05, 0.1) is 6.61 Å². The number of piperidine rings is 1. The summed E-state index contributed by atoms with van der Waals surface area (Å²) in [4.78, 5) is 26.1. The van der Waals surface area contributed by atoms with Crippen LogP contribution in [0.1, 0.15) is 24.0 Å². The minimum Gasteiger partial charge on any atom is -0.383 e. The molecule has 1 fully saturated rings. The summed E-state index contributed by atoms with van der Waals surface area (Å²) >= 11 is 0. The molecule has 1 heterocycles. The lowest BCUT2D eigenvalue weighted by molar-refractivity contribution is -0.137. The Morgan fingerprint density at radius 3 is 2.68 bits per heavy atom. The molecule has 25 heavy (non-hydrogen) atoms. The second kappa shape index (κ2) is 8.92. The fourth-order valence-corrected chi connectivity index (χ4v) is 2.93. The molecule has 0 bridgehead atoms. The number of nitrogens with one attached hydrogen (secondary N) is 1. The molecular weight excluding hydrogens is 325 g/mol. The van der Waals surface area contributed by atoms with E-state index in [4.69, 9.17) is 10.5 Å². The third-order valence-corrected chi connectivity index (χ3v) is 4.54. The molecule has 0 aromatic heterocycles. The van der Waals surface area contributed by atoms with E-state index in [1.54, 1.807) is 24.0 Å². The molecule has 3 N–H and O–H groups in total. The third kappa shape index (κ3) is 5.24. The number of ether oxygens (including phenoxy) is 1. The molecule has 2 rings (SSSR count). The van der Waals surface area contributed by atoms with Crippen molar-refractivity contribution in [1.29, 1.82) is 0 Å². The highest BCUT2D eigenvalue weighted by Crippen LogP contribution is 2.18. The Hall–Kier alpha value is -1.99. The molecule has 6 nitrogen and oxygen atoms in total. The largest absolute Gasteiger partial charge is 0.383 e. The summed E-state index contributed by atoms with van der Waals surface area (Å²) in [6.45, 7) is 3.20. The van der Waals surface area contributed by atoms with E-state index in [1.807, 2.05) is 0 Å². The fourth-order valence-electron chi connectivity index (χ4n) is 2.93. The van der Waals surface area contributed by atoms with E-state index in [1.165, 1.54) is 13.2 Å². The number of nitrogens with two attached hydrogens (primary N) is 1. The zero-order chi connectivity index (χ0) is 18.4. The number of nitrogens with zero attached hydrogens (tertiary/aromatic N) is 1. The number of halogens is 1. The molecule has 1 aromatic rings. The highest BCUT2D eigenvalue weighted by Gasteiger charge is 2.29. The van der Waals surface area contributed by atoms with Crippen LogP contribution >= 0.6 is 0 Å². The number of aryl methyl sites for hydroxylation is 1. The normalized spacial score (nSPS) is 16.6. The van der Waals surface area contributed by atoms with Crippen LogP contribution in [0, 0.1) is 18.7 Å². The van der Waals surface area contributed by atoms with Crippen LogP contribution in [0.15, 0.2) is 18.2 Å². The SMILES string of the molecule is COCC(N)C(=O)N1CCC(C(=O)NCc2ccc(C)c(F)c2)CC1. The molecule has 1 aromatic carbocycles. The molecule has 0 spiro atoms. The first kappa shape index (κ1) is 19.3. The van der Waals surface area contributed by atoms with Crippen molar-refractivity contribution in [3.05, 3.63) is 35.1 Å². The minimum absolute atomic E-state index is 0.0609. The second-order valence-electron chi connectivity index (χ2n) is 6.46. The first-order valence-electron chi connectivity index (χ1n) is 8.48. The van der Waals surface area contributed by atoms with Crippen LogP contribution in [-0.2, 0) is 20.9 Å². The van der Waals surface area contributed by atoms with Gasteiger partial charge in [-0.2, -0.15) is 0 Å². The van der Waals surface area contributed by atoms with E-state index in [0.29, 0.717) is 38.0 Å². The Morgan fingerprint density at radius 1 is 1.40 bits per heavy atom. The molecular formula is C18H26FN3O3. The average molecular weight is 351 g/mol. The van der Waals surface area contributed by atoms with E-state index in [0.717, 1.165) is 5.56 Å². The molecule has 2 amide bonds. The first-order valence-corrected chi connectivity index (χ1v) is 8.48. The molecule has 0 saturated carbocycles. The van der Waals surface area contributed by atoms with E-state index in [-0.39, 0.29) is 30.2 Å². The van der Waals surface area contributed by atoms with Gasteiger partial charge in [-0.25, -0.2) is 4.39 Å². The van der Waals surface area contributed by atoms with Gasteiger partial charge < -0.3 is 20.7 Å². The third-order valence-electron chi connectivity index (χ3n) is 4.54. The maximum atomic E-state index is 13.5. The Labute approximate surface area is 147 Å². The predicted molar refractivity (Wildman–Crippen MR) is 92.1 cm³/mol. The van der Waals surface area contributed by atoms with Crippen LogP contribution in [0.25, 0.3) is 0 Å². The number of hydrogen-bond donors (Lipinski definition) is 2. The fraction of sp³-hybridized carbons (Fsp3) is 0.556. The summed E-state index contributed by atoms with van der Waals surface area (Å²) in [6, 6.07) is 4.28. The Balaban J connectivity index is 1.79. The van der Waals surface area contributed by atoms with Crippen molar-refractivity contribution in [2.24, 2.45) is 11.7 Å². The summed E-state index contributed by atoms with van der Waals surface area (Å²) in [5.74, 6) is -0.617. The predicted octanol–water partition coefficient (Wildman–Crippen LogP) is 0.963. The van der Waals surface area contributed by atoms with Gasteiger partial charge in [0.2, 0.25) is 11.8 Å². The summed E-state index contributed by atoms with van der Waals surface area (Å²) in [7, 11) is 1.50. The summed E-state index contributed by atoms with van der Waals surface area (Å²) in [5.41, 5.74) is 7.08. The van der Waals surface area contributed by atoms with Crippen LogP contribution in [0.5, 0.6) is 0 Å². The van der Waals surface area contributed by atoms with E-state index in [2.05, 4.69) is 5.32 Å². The van der Waals surface area contributed by atoms with Gasteiger partial charge in [-0.1, -0.05) is 12.1 Å². The highest BCUT2D eigenvalue weighted by atomic mass is 19.1. The molecule has 1 atom stereocenters. The van der Waals surface area contributed by atoms with Crippen molar-refractivity contribution >= 4 is 11.8 Å². The second-order valence-corrected chi connectivity index (χ2v) is 6.46. The number of amides is 2. The molecule has 1 unspecified atom stereocenters. The van der Waals surface area contributed by atoms with E-state index < -0.39 is 6.04 Å². The van der Waals surface area contributed by atoms with Crippen LogP contribution < -0.4 is 11.1 Å². The van der Waals surface area contributed by atoms with Gasteiger partial charge in [-0.3, -0.25) is 9.59 Å². The van der Waals surface area contributed by atoms with Gasteiger partial charge in [0.1, 0.15) is 11.9 Å². The van der Waals surface area contributed by atoms with Crippen LogP contribution in [0.4, 0.5) is 4.39 Å². The Morgan fingerprint density at radius 2 is 2.08 bits per heavy atom. The van der Waals surface area contributed by atoms with Crippen molar-refractivity contribution in [2.75, 3.05) is 26.8 Å². The Kier molecular flexibility index (Phi) is 6.90. The number of carbonyl (C=O) groups is 2. The lowest BCUT2D eigenvalue weighted by Crippen LogP contribution is -2.50. The number of carbonyl (C=O) groups excluding carboxylic acids is 2. The molecule has 1 aliphatic heterocycles. The number of hydrogen-bond acceptors (Lipinski definition) is 4. The van der Waals surface area contributed by atoms with Crippen LogP contribution in [0.3, 0.4) is 0 Å². The van der Waals surface area contributed by atoms with Crippen molar-refractivity contribution in [3.63, 3.8) is 0 Å². The average Bonchev–Trinajstić information content (AvgIpc) is 2.62. The van der Waals surface area contributed by atoms with Gasteiger partial charge in [0, 0.05) is 32.7 Å². The van der Waals surface area contributed by atoms with Crippen LogP contribution in [0.2, 0.25) is 0 Å². The molecule has 138 valence electrons. The Bertz CT molecular complexity index is 616. The van der Waals surface area contributed by atoms with E-state index in [9.17, 15) is 14.0 Å². The van der Waals surface area contributed by atoms with Crippen LogP contribution in [-0.4, -0.2) is 49.6 Å². The smallest absolute Gasteiger partial charge is 0.241 e. The highest BCUT2D eigenvalue weighted by molar-refractivity contribution is 5.83. The number of benzene rings is 1. The molecule has 7 heteroatoms. The topological polar surface area (TPSA) is 84.7 Å². The van der Waals surface area contributed by atoms with Crippen molar-refractivity contribution in [3.8, 4) is 0 Å². The number of rotatable bonds is 6. The maximum absolute atomic E-state index is 13.5. The molecule has 1 saturated heterocycles. The zero-order valence-electron chi connectivity index (χ0n) is 14.8. The lowest BCUT2D eigenvalue weighted by atomic mass is 9.95. The molecule has 1 aliphatic rings. The molecule has 0 aliphatic carbocycles. The first-order chi connectivity index (χ1) is 11.9. The number of methoxy groups -OCH3 is 1. The standard InChI is InChI=1S/C18H26FN3O3/c1-12-3-4-13(9-15(12)19)10-21-17(23)14-5-7-22(8-6-14)18(24)16(20)11-25-2/h3-4,9,14,16H,5-8,10-11,20H2,1-2H3,(H,21,23). The quantitative estimate of drug-likeness (QED) is 0.800. The van der Waals surface area contributed by atoms with Crippen molar-refractivity contribution in [1.82, 2.24) is 10.2 Å². The summed E-state index contributed by atoms with van der Waals surface area (Å²) in [6.07, 6.45) is 1.19. The van der Waals surface area contributed by atoms with Gasteiger partial charge in [-0.15, -0.1) is 0 Å².